The summed E-state index contributed by atoms with van der Waals surface area (Å²) in [6.45, 7) is 16.0. The third-order valence-corrected chi connectivity index (χ3v) is 19.1. The van der Waals surface area contributed by atoms with Gasteiger partial charge in [-0.2, -0.15) is 0 Å². The van der Waals surface area contributed by atoms with Crippen LogP contribution in [0.1, 0.15) is 208 Å². The summed E-state index contributed by atoms with van der Waals surface area (Å²) in [5, 5.41) is 12.7. The minimum absolute atomic E-state index is 0.0177. The Morgan fingerprint density at radius 1 is 0.412 bits per heavy atom. The molecule has 17 nitrogen and oxygen atoms in total. The fourth-order valence-electron chi connectivity index (χ4n) is 12.9. The van der Waals surface area contributed by atoms with E-state index in [1.165, 1.54) is 82.6 Å². The Kier molecular flexibility index (Phi) is 25.9. The number of carbonyl (C=O) groups excluding carboxylic acids is 2. The van der Waals surface area contributed by atoms with Crippen LogP contribution in [0.2, 0.25) is 0 Å². The zero-order valence-electron chi connectivity index (χ0n) is 58.5. The van der Waals surface area contributed by atoms with Gasteiger partial charge < -0.3 is 43.5 Å². The fraction of sp³-hybridized carbons (Fsp3) is 0.500. The highest BCUT2D eigenvalue weighted by Gasteiger charge is 2.39. The molecule has 0 saturated carbocycles. The Balaban J connectivity index is 0.984. The number of hydrogen-bond acceptors (Lipinski definition) is 15. The molecular weight excluding hydrogens is 1220 g/mol. The Morgan fingerprint density at radius 2 is 0.825 bits per heavy atom. The van der Waals surface area contributed by atoms with Gasteiger partial charge in [0.15, 0.2) is 23.3 Å². The molecule has 0 radical (unpaired) electrons. The second-order valence-electron chi connectivity index (χ2n) is 27.1. The predicted molar refractivity (Wildman–Crippen MR) is 387 cm³/mol. The minimum Gasteiger partial charge on any atom is -0.494 e. The van der Waals surface area contributed by atoms with Gasteiger partial charge >= 0.3 is 11.9 Å². The Hall–Kier alpha value is -8.44. The number of ether oxygens (including phenoxy) is 6. The van der Waals surface area contributed by atoms with E-state index in [1.807, 2.05) is 112 Å². The SMILES string of the molecule is CCCCCCCCOc1ccc2c(c1)-c1nc-2nc2[nH]c(nc3nc(nc4[nH]c(n1)c1ccc(OCCCCCCCC)cc41)-c1ccc(OCCCCCCCC)cc1-3)c1ccc(OCCOC(=O)C(C)(C)CCC(C)(CCC(CC)c3ccccc3)C(=O)OCCO)cc21. The van der Waals surface area contributed by atoms with E-state index in [1.54, 1.807) is 0 Å². The number of fused-ring (bicyclic) bond motifs is 20. The molecule has 0 spiro atoms. The lowest BCUT2D eigenvalue weighted by Gasteiger charge is -2.32. The van der Waals surface area contributed by atoms with E-state index < -0.39 is 16.8 Å². The van der Waals surface area contributed by atoms with Crippen LogP contribution in [0.3, 0.4) is 0 Å². The van der Waals surface area contributed by atoms with E-state index in [4.69, 9.17) is 58.3 Å². The lowest BCUT2D eigenvalue weighted by molar-refractivity contribution is -0.160. The van der Waals surface area contributed by atoms with Crippen molar-refractivity contribution in [2.45, 2.75) is 202 Å². The quantitative estimate of drug-likeness (QED) is 0.0240. The van der Waals surface area contributed by atoms with Gasteiger partial charge in [-0.15, -0.1) is 0 Å². The molecule has 10 rings (SSSR count). The van der Waals surface area contributed by atoms with Crippen molar-refractivity contribution in [3.63, 3.8) is 0 Å². The van der Waals surface area contributed by atoms with Crippen LogP contribution in [-0.2, 0) is 19.1 Å². The van der Waals surface area contributed by atoms with E-state index in [9.17, 15) is 14.7 Å². The summed E-state index contributed by atoms with van der Waals surface area (Å²) < 4.78 is 37.2. The topological polar surface area (TPSA) is 219 Å². The Labute approximate surface area is 572 Å². The summed E-state index contributed by atoms with van der Waals surface area (Å²) in [4.78, 5) is 66.7. The van der Waals surface area contributed by atoms with Crippen molar-refractivity contribution in [2.24, 2.45) is 10.8 Å². The third-order valence-electron chi connectivity index (χ3n) is 19.1. The molecule has 5 heterocycles. The van der Waals surface area contributed by atoms with Crippen LogP contribution < -0.4 is 18.9 Å². The summed E-state index contributed by atoms with van der Waals surface area (Å²) in [6, 6.07) is 34.2. The van der Waals surface area contributed by atoms with Crippen molar-refractivity contribution in [3.8, 4) is 68.5 Å². The number of carbonyl (C=O) groups is 2. The molecule has 8 bridgehead atoms. The molecule has 2 aliphatic rings. The summed E-state index contributed by atoms with van der Waals surface area (Å²) in [5.74, 6) is 4.01. The smallest absolute Gasteiger partial charge is 0.311 e. The molecule has 2 atom stereocenters. The predicted octanol–water partition coefficient (Wildman–Crippen LogP) is 19.3. The van der Waals surface area contributed by atoms with Crippen molar-refractivity contribution in [1.29, 1.82) is 0 Å². The van der Waals surface area contributed by atoms with Gasteiger partial charge in [0, 0.05) is 43.8 Å². The van der Waals surface area contributed by atoms with Gasteiger partial charge in [-0.25, -0.2) is 29.9 Å². The molecule has 97 heavy (non-hydrogen) atoms. The summed E-state index contributed by atoms with van der Waals surface area (Å²) in [5.41, 5.74) is 4.65. The first kappa shape index (κ1) is 71.3. The highest BCUT2D eigenvalue weighted by molar-refractivity contribution is 6.07. The maximum absolute atomic E-state index is 13.9. The fourth-order valence-corrected chi connectivity index (χ4v) is 12.9. The van der Waals surface area contributed by atoms with E-state index in [2.05, 4.69) is 49.8 Å². The average molecular weight is 1320 g/mol. The minimum atomic E-state index is -0.933. The first-order valence-electron chi connectivity index (χ1n) is 36.2. The van der Waals surface area contributed by atoms with Gasteiger partial charge in [0.2, 0.25) is 0 Å². The Morgan fingerprint density at radius 3 is 1.29 bits per heavy atom. The molecule has 2 aliphatic heterocycles. The number of aliphatic hydroxyl groups excluding tert-OH is 1. The van der Waals surface area contributed by atoms with Gasteiger partial charge in [-0.3, -0.25) is 9.59 Å². The lowest BCUT2D eigenvalue weighted by atomic mass is 9.73. The van der Waals surface area contributed by atoms with E-state index in [0.717, 1.165) is 107 Å². The molecule has 3 N–H and O–H groups in total. The van der Waals surface area contributed by atoms with Crippen LogP contribution in [0.4, 0.5) is 0 Å². The van der Waals surface area contributed by atoms with Crippen LogP contribution in [0.15, 0.2) is 103 Å². The number of nitrogens with one attached hydrogen (secondary N) is 2. The molecule has 0 aliphatic carbocycles. The first-order chi connectivity index (χ1) is 47.3. The second-order valence-corrected chi connectivity index (χ2v) is 27.1. The van der Waals surface area contributed by atoms with Gasteiger partial charge in [0.25, 0.3) is 0 Å². The van der Waals surface area contributed by atoms with Crippen molar-refractivity contribution < 1.29 is 43.1 Å². The number of H-pyrrole nitrogens is 2. The molecule has 17 heteroatoms. The highest BCUT2D eigenvalue weighted by atomic mass is 16.6. The number of unbranched alkanes of at least 4 members (excludes halogenated alkanes) is 15. The molecule has 5 aromatic carbocycles. The van der Waals surface area contributed by atoms with Crippen LogP contribution in [0.5, 0.6) is 23.0 Å². The van der Waals surface area contributed by atoms with Gasteiger partial charge in [0.1, 0.15) is 65.4 Å². The molecule has 3 aromatic heterocycles. The second kappa shape index (κ2) is 35.2. The molecule has 516 valence electrons. The van der Waals surface area contributed by atoms with E-state index in [-0.39, 0.29) is 38.3 Å². The maximum atomic E-state index is 13.9. The first-order valence-corrected chi connectivity index (χ1v) is 36.2. The van der Waals surface area contributed by atoms with Crippen molar-refractivity contribution >= 4 is 56.1 Å². The number of rotatable bonds is 40. The van der Waals surface area contributed by atoms with Gasteiger partial charge in [0.05, 0.1) is 37.3 Å². The standard InChI is InChI=1S/C80H102N8O9/c1-8-12-15-18-21-27-45-92-57-32-36-61-65(51-57)73-81-69(61)83-74-67-53-59(94-47-29-23-20-17-14-10-3)34-38-63(67)71(85-74)87-76-68-54-60(35-39-64(68)72(88-76)86-75-66-52-58(33-37-62(66)70(82-73)84-75)93-46-28-22-19-16-13-9-2)95-49-50-97-77(90)79(5,6)42-43-80(7,78(91)96-48-44-89)41-40-55(11-4)56-30-25-24-26-31-56/h24-26,30-39,51-55,89H,8-23,27-29,40-50H2,1-7H3,(H2,81,82,83,84,85,86,87,88). The average Bonchev–Trinajstić information content (AvgIpc) is 1.61. The largest absolute Gasteiger partial charge is 0.494 e. The van der Waals surface area contributed by atoms with Crippen LogP contribution in [0.25, 0.3) is 89.7 Å². The van der Waals surface area contributed by atoms with Crippen LogP contribution in [0, 0.1) is 10.8 Å². The molecular formula is C80H102N8O9. The number of nitrogens with zero attached hydrogens (tertiary/aromatic N) is 6. The zero-order valence-corrected chi connectivity index (χ0v) is 58.5. The normalized spacial score (nSPS) is 12.9. The molecule has 0 fully saturated rings. The number of esters is 2. The molecule has 2 unspecified atom stereocenters. The molecule has 8 aromatic rings. The third kappa shape index (κ3) is 18.8. The maximum Gasteiger partial charge on any atom is 0.311 e. The number of benzene rings is 5. The van der Waals surface area contributed by atoms with Crippen molar-refractivity contribution in [2.75, 3.05) is 46.2 Å². The van der Waals surface area contributed by atoms with Gasteiger partial charge in [-0.05, 0) is 156 Å². The zero-order chi connectivity index (χ0) is 68.0. The number of aliphatic hydroxyl groups is 1. The Bertz CT molecular complexity index is 4050. The van der Waals surface area contributed by atoms with Crippen LogP contribution in [-0.4, -0.2) is 103 Å². The van der Waals surface area contributed by atoms with Crippen LogP contribution >= 0.6 is 0 Å². The monoisotopic (exact) mass is 1320 g/mol. The van der Waals surface area contributed by atoms with Crippen molar-refractivity contribution in [1.82, 2.24) is 39.9 Å². The molecule has 0 amide bonds. The summed E-state index contributed by atoms with van der Waals surface area (Å²) >= 11 is 0. The number of aromatic nitrogens is 8. The lowest BCUT2D eigenvalue weighted by Crippen LogP contribution is -2.35. The van der Waals surface area contributed by atoms with E-state index >= 15 is 0 Å². The summed E-state index contributed by atoms with van der Waals surface area (Å²) in [7, 11) is 0. The molecule has 0 saturated heterocycles. The van der Waals surface area contributed by atoms with E-state index in [0.29, 0.717) is 96.1 Å². The highest BCUT2D eigenvalue weighted by Crippen LogP contribution is 2.43. The van der Waals surface area contributed by atoms with Crippen molar-refractivity contribution in [3.05, 3.63) is 109 Å². The number of hydrogen-bond donors (Lipinski definition) is 3. The summed E-state index contributed by atoms with van der Waals surface area (Å²) in [6.07, 6.45) is 23.9. The number of aromatic amines is 2. The van der Waals surface area contributed by atoms with Gasteiger partial charge in [-0.1, -0.05) is 154 Å².